The molecule has 0 unspecified atom stereocenters. The Morgan fingerprint density at radius 2 is 1.73 bits per heavy atom. The maximum Gasteiger partial charge on any atom is 0.228 e. The van der Waals surface area contributed by atoms with Gasteiger partial charge in [0.25, 0.3) is 0 Å². The van der Waals surface area contributed by atoms with E-state index in [4.69, 9.17) is 4.74 Å². The summed E-state index contributed by atoms with van der Waals surface area (Å²) in [5.41, 5.74) is 5.75. The smallest absolute Gasteiger partial charge is 0.228 e. The monoisotopic (exact) mass is 485 g/mol. The summed E-state index contributed by atoms with van der Waals surface area (Å²) in [6.07, 6.45) is 3.86. The van der Waals surface area contributed by atoms with Crippen molar-refractivity contribution in [2.45, 2.75) is 47.5 Å². The second-order valence-corrected chi connectivity index (χ2v) is 11.7. The van der Waals surface area contributed by atoms with E-state index in [1.165, 1.54) is 49.5 Å². The Morgan fingerprint density at radius 1 is 0.973 bits per heavy atom. The fourth-order valence-corrected chi connectivity index (χ4v) is 6.11. The van der Waals surface area contributed by atoms with E-state index in [1.807, 2.05) is 13.8 Å². The van der Waals surface area contributed by atoms with Gasteiger partial charge < -0.3 is 4.74 Å². The molecule has 0 radical (unpaired) electrons. The van der Waals surface area contributed by atoms with Crippen LogP contribution in [0.4, 0.5) is 0 Å². The van der Waals surface area contributed by atoms with Crippen molar-refractivity contribution in [3.8, 4) is 28.8 Å². The lowest BCUT2D eigenvalue weighted by Crippen LogP contribution is -2.32. The Hall–Kier alpha value is -3.90. The topological polar surface area (TPSA) is 36.9 Å². The van der Waals surface area contributed by atoms with Crippen LogP contribution in [0.15, 0.2) is 60.8 Å². The minimum atomic E-state index is -0.403. The Bertz CT molecular complexity index is 1790. The maximum atomic E-state index is 9.59. The first kappa shape index (κ1) is 23.5. The van der Waals surface area contributed by atoms with E-state index in [0.717, 1.165) is 35.1 Å². The number of aryl methyl sites for hydroxylation is 2. The molecule has 0 spiro atoms. The molecule has 0 amide bonds. The minimum Gasteiger partial charge on any atom is -0.455 e. The molecule has 0 fully saturated rings. The highest BCUT2D eigenvalue weighted by Crippen LogP contribution is 2.52. The van der Waals surface area contributed by atoms with Gasteiger partial charge in [0.15, 0.2) is 6.20 Å². The van der Waals surface area contributed by atoms with Gasteiger partial charge >= 0.3 is 0 Å². The molecule has 0 atom stereocenters. The summed E-state index contributed by atoms with van der Waals surface area (Å²) in [7, 11) is 2.14. The summed E-state index contributed by atoms with van der Waals surface area (Å²) in [4.78, 5) is 0. The predicted octanol–water partition coefficient (Wildman–Crippen LogP) is 8.34. The van der Waals surface area contributed by atoms with Crippen molar-refractivity contribution < 1.29 is 9.30 Å². The molecular weight excluding hydrogens is 452 g/mol. The third kappa shape index (κ3) is 3.66. The number of hydrogen-bond donors (Lipinski definition) is 0. The maximum absolute atomic E-state index is 9.59. The molecule has 4 aromatic carbocycles. The quantitative estimate of drug-likeness (QED) is 0.186. The summed E-state index contributed by atoms with van der Waals surface area (Å²) >= 11 is 0. The van der Waals surface area contributed by atoms with Gasteiger partial charge in [0, 0.05) is 17.0 Å². The van der Waals surface area contributed by atoms with Crippen LogP contribution in [0.2, 0.25) is 0 Å². The van der Waals surface area contributed by atoms with Gasteiger partial charge in [-0.2, -0.15) is 5.26 Å². The lowest BCUT2D eigenvalue weighted by Gasteiger charge is -2.26. The van der Waals surface area contributed by atoms with Crippen LogP contribution in [0.25, 0.3) is 43.6 Å². The summed E-state index contributed by atoms with van der Waals surface area (Å²) in [5, 5.41) is 16.9. The van der Waals surface area contributed by atoms with Crippen molar-refractivity contribution in [2.24, 2.45) is 18.4 Å². The van der Waals surface area contributed by atoms with Crippen LogP contribution in [0, 0.1) is 29.6 Å². The molecule has 3 heteroatoms. The Labute approximate surface area is 218 Å². The number of nitriles is 1. The first-order chi connectivity index (χ1) is 17.7. The molecule has 0 saturated heterocycles. The molecule has 37 heavy (non-hydrogen) atoms. The van der Waals surface area contributed by atoms with E-state index in [0.29, 0.717) is 5.92 Å². The molecule has 0 saturated carbocycles. The lowest BCUT2D eigenvalue weighted by molar-refractivity contribution is -0.659. The van der Waals surface area contributed by atoms with Crippen LogP contribution in [-0.2, 0) is 19.9 Å². The zero-order chi connectivity index (χ0) is 26.1. The molecule has 0 N–H and O–H groups in total. The number of ether oxygens (including phenoxy) is 1. The van der Waals surface area contributed by atoms with Crippen LogP contribution in [0.1, 0.15) is 44.4 Å². The number of nitrogens with zero attached hydrogens (tertiary/aromatic N) is 2. The summed E-state index contributed by atoms with van der Waals surface area (Å²) < 4.78 is 9.16. The Balaban J connectivity index is 1.70. The molecule has 0 bridgehead atoms. The summed E-state index contributed by atoms with van der Waals surface area (Å²) in [5.74, 6) is 2.44. The average Bonchev–Trinajstić information content (AvgIpc) is 2.87. The van der Waals surface area contributed by atoms with Gasteiger partial charge in [0.1, 0.15) is 18.5 Å². The van der Waals surface area contributed by atoms with Crippen LogP contribution in [0.5, 0.6) is 11.5 Å². The third-order valence-corrected chi connectivity index (χ3v) is 7.81. The van der Waals surface area contributed by atoms with Gasteiger partial charge in [-0.15, -0.1) is 0 Å². The first-order valence-corrected chi connectivity index (χ1v) is 13.2. The van der Waals surface area contributed by atoms with Crippen molar-refractivity contribution in [1.29, 1.82) is 5.26 Å². The lowest BCUT2D eigenvalue weighted by atomic mass is 9.84. The predicted molar refractivity (Wildman–Crippen MR) is 152 cm³/mol. The molecule has 0 aliphatic carbocycles. The molecule has 1 aromatic heterocycles. The second kappa shape index (κ2) is 8.32. The molecule has 3 nitrogen and oxygen atoms in total. The zero-order valence-electron chi connectivity index (χ0n) is 22.6. The number of aromatic nitrogens is 1. The molecular formula is C34H33N2O+. The van der Waals surface area contributed by atoms with E-state index >= 15 is 0 Å². The van der Waals surface area contributed by atoms with Crippen molar-refractivity contribution in [1.82, 2.24) is 0 Å². The molecule has 5 aromatic rings. The second-order valence-electron chi connectivity index (χ2n) is 11.7. The fraction of sp³-hybridized carbons (Fsp3) is 0.294. The molecule has 1 aliphatic heterocycles. The van der Waals surface area contributed by atoms with Gasteiger partial charge in [-0.05, 0) is 78.3 Å². The van der Waals surface area contributed by atoms with Crippen molar-refractivity contribution >= 4 is 32.3 Å². The third-order valence-electron chi connectivity index (χ3n) is 7.81. The average molecular weight is 486 g/mol. The number of rotatable bonds is 4. The van der Waals surface area contributed by atoms with Gasteiger partial charge in [-0.3, -0.25) is 0 Å². The molecule has 184 valence electrons. The van der Waals surface area contributed by atoms with Gasteiger partial charge in [-0.1, -0.05) is 56.3 Å². The van der Waals surface area contributed by atoms with Crippen molar-refractivity contribution in [3.63, 3.8) is 0 Å². The van der Waals surface area contributed by atoms with Crippen LogP contribution in [-0.4, -0.2) is 0 Å². The normalized spacial score (nSPS) is 12.7. The van der Waals surface area contributed by atoms with Crippen molar-refractivity contribution in [3.05, 3.63) is 77.5 Å². The fourth-order valence-electron chi connectivity index (χ4n) is 6.11. The summed E-state index contributed by atoms with van der Waals surface area (Å²) in [6, 6.07) is 22.2. The number of fused-ring (bicyclic) bond motifs is 5. The first-order valence-electron chi connectivity index (χ1n) is 13.2. The van der Waals surface area contributed by atoms with Crippen LogP contribution < -0.4 is 9.30 Å². The highest BCUT2D eigenvalue weighted by atomic mass is 16.5. The zero-order valence-corrected chi connectivity index (χ0v) is 22.6. The van der Waals surface area contributed by atoms with E-state index in [9.17, 15) is 5.26 Å². The van der Waals surface area contributed by atoms with Crippen LogP contribution in [0.3, 0.4) is 0 Å². The van der Waals surface area contributed by atoms with Gasteiger partial charge in [0.05, 0.1) is 22.4 Å². The molecule has 1 aliphatic rings. The minimum absolute atomic E-state index is 0.403. The highest BCUT2D eigenvalue weighted by molar-refractivity contribution is 6.16. The largest absolute Gasteiger partial charge is 0.455 e. The molecule has 2 heterocycles. The van der Waals surface area contributed by atoms with Crippen LogP contribution >= 0.6 is 0 Å². The van der Waals surface area contributed by atoms with E-state index < -0.39 is 5.41 Å². The number of hydrogen-bond acceptors (Lipinski definition) is 2. The van der Waals surface area contributed by atoms with Gasteiger partial charge in [0.2, 0.25) is 5.69 Å². The number of benzene rings is 4. The summed E-state index contributed by atoms with van der Waals surface area (Å²) in [6.45, 7) is 10.8. The Kier molecular flexibility index (Phi) is 5.28. The van der Waals surface area contributed by atoms with Crippen molar-refractivity contribution in [2.75, 3.05) is 0 Å². The number of pyridine rings is 1. The highest BCUT2D eigenvalue weighted by Gasteiger charge is 2.33. The van der Waals surface area contributed by atoms with E-state index in [-0.39, 0.29) is 0 Å². The van der Waals surface area contributed by atoms with Gasteiger partial charge in [-0.25, -0.2) is 4.57 Å². The standard InChI is InChI=1S/C34H33N2O/c1-20(2)15-28-25-10-8-7-9-24(25)21(3)30-32-31-26(13-14-36(32)6)27-16-22(18-34(4,5)19-35)11-12-23(27)17-29(31)37-33(28)30/h7-14,16-17,20H,15,18H2,1-6H3/q+1. The molecule has 6 rings (SSSR count). The van der Waals surface area contributed by atoms with E-state index in [2.05, 4.69) is 99.2 Å². The Morgan fingerprint density at radius 3 is 2.46 bits per heavy atom. The van der Waals surface area contributed by atoms with E-state index in [1.54, 1.807) is 0 Å². The SMILES string of the molecule is Cc1c2c(c(CC(C)C)c3ccccc13)Oc1cc3ccc(CC(C)(C)C#N)cc3c3cc[n+](C)c-2c13.